The highest BCUT2D eigenvalue weighted by Crippen LogP contribution is 2.47. The number of amides is 1. The molecule has 8 heteroatoms. The number of benzene rings is 1. The number of fused-ring (bicyclic) bond motifs is 3. The Balaban J connectivity index is 1.64. The van der Waals surface area contributed by atoms with Gasteiger partial charge >= 0.3 is 5.69 Å². The Morgan fingerprint density at radius 3 is 2.77 bits per heavy atom. The van der Waals surface area contributed by atoms with Crippen LogP contribution in [0.1, 0.15) is 66.1 Å². The molecule has 1 aliphatic carbocycles. The molecule has 2 aromatic rings. The maximum Gasteiger partial charge on any atom is 0.311 e. The van der Waals surface area contributed by atoms with Gasteiger partial charge in [-0.1, -0.05) is 33.3 Å². The van der Waals surface area contributed by atoms with E-state index in [-0.39, 0.29) is 22.8 Å². The number of nitrogens with one attached hydrogen (secondary N) is 2. The number of anilines is 1. The minimum Gasteiger partial charge on any atom is -0.490 e. The van der Waals surface area contributed by atoms with Crippen LogP contribution in [-0.2, 0) is 12.8 Å². The fourth-order valence-corrected chi connectivity index (χ4v) is 5.80. The quantitative estimate of drug-likeness (QED) is 0.512. The number of ether oxygens (including phenoxy) is 1. The summed E-state index contributed by atoms with van der Waals surface area (Å²) in [4.78, 5) is 25.2. The second-order valence-corrected chi connectivity index (χ2v) is 9.83. The molecule has 0 fully saturated rings. The van der Waals surface area contributed by atoms with Crippen molar-refractivity contribution in [1.29, 1.82) is 0 Å². The lowest BCUT2D eigenvalue weighted by atomic mass is 9.69. The topological polar surface area (TPSA) is 93.5 Å². The number of methoxy groups -OCH3 is 1. The van der Waals surface area contributed by atoms with Crippen LogP contribution in [-0.4, -0.2) is 17.9 Å². The van der Waals surface area contributed by atoms with Gasteiger partial charge in [0.15, 0.2) is 5.75 Å². The molecule has 0 unspecified atom stereocenters. The summed E-state index contributed by atoms with van der Waals surface area (Å²) in [7, 11) is 1.40. The lowest BCUT2D eigenvalue weighted by molar-refractivity contribution is -0.385. The smallest absolute Gasteiger partial charge is 0.311 e. The summed E-state index contributed by atoms with van der Waals surface area (Å²) in [5.74, 6) is 0.693. The number of carbonyl (C=O) groups is 1. The SMILES string of the molecule is CCC(C)(C)[C@@H]1CCc2c(sc3c2C(=O)N[C@@H](c2ccc(OC)c([N+](=O)[O-])c2)N3)C1. The first kappa shape index (κ1) is 20.7. The van der Waals surface area contributed by atoms with Crippen molar-refractivity contribution in [3.05, 3.63) is 49.9 Å². The number of nitrogens with zero attached hydrogens (tertiary/aromatic N) is 1. The van der Waals surface area contributed by atoms with Crippen LogP contribution < -0.4 is 15.4 Å². The number of hydrogen-bond acceptors (Lipinski definition) is 6. The van der Waals surface area contributed by atoms with Gasteiger partial charge in [0.1, 0.15) is 11.2 Å². The average molecular weight is 430 g/mol. The van der Waals surface area contributed by atoms with Crippen molar-refractivity contribution in [3.63, 3.8) is 0 Å². The predicted octanol–water partition coefficient (Wildman–Crippen LogP) is 5.06. The second kappa shape index (κ2) is 7.58. The van der Waals surface area contributed by atoms with Crippen LogP contribution in [0.15, 0.2) is 18.2 Å². The van der Waals surface area contributed by atoms with Crippen LogP contribution in [0, 0.1) is 21.4 Å². The van der Waals surface area contributed by atoms with E-state index in [9.17, 15) is 14.9 Å². The Labute approximate surface area is 180 Å². The molecule has 2 N–H and O–H groups in total. The summed E-state index contributed by atoms with van der Waals surface area (Å²) in [5.41, 5.74) is 2.71. The van der Waals surface area contributed by atoms with Gasteiger partial charge in [0.2, 0.25) is 0 Å². The van der Waals surface area contributed by atoms with Gasteiger partial charge in [-0.3, -0.25) is 14.9 Å². The molecule has 4 rings (SSSR count). The summed E-state index contributed by atoms with van der Waals surface area (Å²) < 4.78 is 5.08. The van der Waals surface area contributed by atoms with E-state index in [1.54, 1.807) is 23.5 Å². The zero-order valence-corrected chi connectivity index (χ0v) is 18.5. The first-order chi connectivity index (χ1) is 14.2. The number of thiophene rings is 1. The van der Waals surface area contributed by atoms with E-state index in [2.05, 4.69) is 31.4 Å². The van der Waals surface area contributed by atoms with Crippen molar-refractivity contribution in [3.8, 4) is 5.75 Å². The highest BCUT2D eigenvalue weighted by atomic mass is 32.1. The summed E-state index contributed by atoms with van der Waals surface area (Å²) in [6.07, 6.45) is 3.63. The van der Waals surface area contributed by atoms with Gasteiger partial charge < -0.3 is 15.4 Å². The van der Waals surface area contributed by atoms with Crippen molar-refractivity contribution in [2.75, 3.05) is 12.4 Å². The average Bonchev–Trinajstić information content (AvgIpc) is 3.11. The molecular formula is C22H27N3O4S. The zero-order valence-electron chi connectivity index (χ0n) is 17.7. The Hall–Kier alpha value is -2.61. The molecule has 7 nitrogen and oxygen atoms in total. The number of hydrogen-bond donors (Lipinski definition) is 2. The molecule has 0 bridgehead atoms. The summed E-state index contributed by atoms with van der Waals surface area (Å²) >= 11 is 1.66. The lowest BCUT2D eigenvalue weighted by Gasteiger charge is -2.36. The minimum atomic E-state index is -0.516. The van der Waals surface area contributed by atoms with Crippen LogP contribution in [0.25, 0.3) is 0 Å². The molecule has 0 saturated heterocycles. The first-order valence-corrected chi connectivity index (χ1v) is 11.1. The highest BCUT2D eigenvalue weighted by molar-refractivity contribution is 7.16. The van der Waals surface area contributed by atoms with Crippen molar-refractivity contribution < 1.29 is 14.5 Å². The molecule has 0 radical (unpaired) electrons. The van der Waals surface area contributed by atoms with E-state index in [0.717, 1.165) is 36.2 Å². The zero-order chi connectivity index (χ0) is 21.6. The molecular weight excluding hydrogens is 402 g/mol. The molecule has 1 amide bonds. The third-order valence-electron chi connectivity index (χ3n) is 6.79. The molecule has 0 spiro atoms. The normalized spacial score (nSPS) is 20.6. The van der Waals surface area contributed by atoms with E-state index in [1.165, 1.54) is 23.6 Å². The molecule has 1 aromatic carbocycles. The number of rotatable bonds is 5. The van der Waals surface area contributed by atoms with Crippen LogP contribution in [0.4, 0.5) is 10.7 Å². The van der Waals surface area contributed by atoms with Gasteiger partial charge in [-0.15, -0.1) is 11.3 Å². The van der Waals surface area contributed by atoms with Crippen molar-refractivity contribution in [1.82, 2.24) is 5.32 Å². The summed E-state index contributed by atoms with van der Waals surface area (Å²) in [5, 5.41) is 18.6. The molecule has 2 atom stereocenters. The Bertz CT molecular complexity index is 1010. The van der Waals surface area contributed by atoms with E-state index in [1.807, 2.05) is 0 Å². The van der Waals surface area contributed by atoms with E-state index in [4.69, 9.17) is 4.74 Å². The lowest BCUT2D eigenvalue weighted by Crippen LogP contribution is -2.38. The Morgan fingerprint density at radius 2 is 2.10 bits per heavy atom. The van der Waals surface area contributed by atoms with E-state index >= 15 is 0 Å². The predicted molar refractivity (Wildman–Crippen MR) is 117 cm³/mol. The van der Waals surface area contributed by atoms with Gasteiger partial charge in [0.05, 0.1) is 17.6 Å². The van der Waals surface area contributed by atoms with Gasteiger partial charge in [0, 0.05) is 16.5 Å². The third-order valence-corrected chi connectivity index (χ3v) is 7.98. The van der Waals surface area contributed by atoms with Crippen molar-refractivity contribution in [2.24, 2.45) is 11.3 Å². The van der Waals surface area contributed by atoms with Crippen LogP contribution in [0.5, 0.6) is 5.75 Å². The van der Waals surface area contributed by atoms with Crippen LogP contribution in [0.2, 0.25) is 0 Å². The van der Waals surface area contributed by atoms with Gasteiger partial charge in [-0.25, -0.2) is 0 Å². The fraction of sp³-hybridized carbons (Fsp3) is 0.500. The molecule has 1 aromatic heterocycles. The number of nitro groups is 1. The van der Waals surface area contributed by atoms with Gasteiger partial charge in [-0.05, 0) is 42.2 Å². The van der Waals surface area contributed by atoms with Crippen molar-refractivity contribution >= 4 is 27.9 Å². The fourth-order valence-electron chi connectivity index (χ4n) is 4.45. The Morgan fingerprint density at radius 1 is 1.33 bits per heavy atom. The summed E-state index contributed by atoms with van der Waals surface area (Å²) in [6.45, 7) is 6.89. The maximum absolute atomic E-state index is 13.0. The van der Waals surface area contributed by atoms with E-state index < -0.39 is 11.1 Å². The van der Waals surface area contributed by atoms with Gasteiger partial charge in [-0.2, -0.15) is 0 Å². The molecule has 30 heavy (non-hydrogen) atoms. The maximum atomic E-state index is 13.0. The highest BCUT2D eigenvalue weighted by Gasteiger charge is 2.37. The number of nitro benzene ring substituents is 1. The summed E-state index contributed by atoms with van der Waals surface area (Å²) in [6, 6.07) is 4.75. The molecule has 0 saturated carbocycles. The van der Waals surface area contributed by atoms with Crippen LogP contribution in [0.3, 0.4) is 0 Å². The van der Waals surface area contributed by atoms with E-state index in [0.29, 0.717) is 11.5 Å². The molecule has 2 aliphatic rings. The third kappa shape index (κ3) is 3.43. The minimum absolute atomic E-state index is 0.113. The second-order valence-electron chi connectivity index (χ2n) is 8.73. The largest absolute Gasteiger partial charge is 0.490 e. The van der Waals surface area contributed by atoms with Crippen molar-refractivity contribution in [2.45, 2.75) is 52.6 Å². The number of carbonyl (C=O) groups excluding carboxylic acids is 1. The standard InChI is InChI=1S/C22H27N3O4S/c1-5-22(2,3)13-7-8-14-17(11-13)30-21-18(14)20(26)23-19(24-21)12-6-9-16(29-4)15(10-12)25(27)28/h6,9-10,13,19,24H,5,7-8,11H2,1-4H3,(H,23,26)/t13-,19-/m1/s1. The Kier molecular flexibility index (Phi) is 5.22. The van der Waals surface area contributed by atoms with Crippen LogP contribution >= 0.6 is 11.3 Å². The molecule has 160 valence electrons. The molecule has 2 heterocycles. The van der Waals surface area contributed by atoms with Gasteiger partial charge in [0.25, 0.3) is 5.91 Å². The molecule has 1 aliphatic heterocycles. The first-order valence-electron chi connectivity index (χ1n) is 10.3. The monoisotopic (exact) mass is 429 g/mol.